The van der Waals surface area contributed by atoms with E-state index in [0.717, 1.165) is 38.5 Å². The van der Waals surface area contributed by atoms with Crippen LogP contribution in [-0.4, -0.2) is 59.2 Å². The molecule has 0 aromatic rings. The Morgan fingerprint density at radius 1 is 1.09 bits per heavy atom. The van der Waals surface area contributed by atoms with Gasteiger partial charge in [-0.3, -0.25) is 9.35 Å². The van der Waals surface area contributed by atoms with Crippen LogP contribution in [0.1, 0.15) is 78.6 Å². The molecule has 0 aliphatic heterocycles. The Balaban J connectivity index is 1.43. The van der Waals surface area contributed by atoms with Crippen LogP contribution in [0, 0.1) is 46.3 Å². The van der Waals surface area contributed by atoms with Crippen LogP contribution in [0.25, 0.3) is 0 Å². The van der Waals surface area contributed by atoms with Gasteiger partial charge >= 0.3 is 10.4 Å². The SMILES string of the molecule is CC(CCC(=O)NCOS(=O)(=O)O)C1CCC2C3C(O)CC4CC(O)CCC4(C)C3CC(O)C12C. The summed E-state index contributed by atoms with van der Waals surface area (Å²) in [6.07, 6.45) is 5.39. The normalized spacial score (nSPS) is 46.3. The fraction of sp³-hybridized carbons (Fsp3) is 0.960. The third-order valence-electron chi connectivity index (χ3n) is 10.8. The van der Waals surface area contributed by atoms with Crippen molar-refractivity contribution in [3.63, 3.8) is 0 Å². The Morgan fingerprint density at radius 3 is 2.49 bits per heavy atom. The number of hydrogen-bond donors (Lipinski definition) is 5. The lowest BCUT2D eigenvalue weighted by Crippen LogP contribution is -2.62. The molecule has 5 N–H and O–H groups in total. The van der Waals surface area contributed by atoms with Crippen molar-refractivity contribution in [3.05, 3.63) is 0 Å². The van der Waals surface area contributed by atoms with Crippen LogP contribution < -0.4 is 5.32 Å². The fourth-order valence-corrected chi connectivity index (χ4v) is 9.17. The summed E-state index contributed by atoms with van der Waals surface area (Å²) in [4.78, 5) is 12.1. The summed E-state index contributed by atoms with van der Waals surface area (Å²) in [6.45, 7) is 6.00. The first-order chi connectivity index (χ1) is 16.3. The Bertz CT molecular complexity index is 898. The average molecular weight is 518 g/mol. The second kappa shape index (κ2) is 9.83. The molecule has 10 heteroatoms. The van der Waals surface area contributed by atoms with Crippen molar-refractivity contribution in [3.8, 4) is 0 Å². The second-order valence-corrected chi connectivity index (χ2v) is 13.4. The lowest BCUT2D eigenvalue weighted by atomic mass is 9.43. The van der Waals surface area contributed by atoms with Crippen molar-refractivity contribution in [1.82, 2.24) is 5.32 Å². The summed E-state index contributed by atoms with van der Waals surface area (Å²) in [6, 6.07) is 0. The smallest absolute Gasteiger partial charge is 0.393 e. The number of amides is 1. The van der Waals surface area contributed by atoms with Gasteiger partial charge in [-0.1, -0.05) is 20.8 Å². The number of fused-ring (bicyclic) bond motifs is 5. The molecule has 11 unspecified atom stereocenters. The first-order valence-electron chi connectivity index (χ1n) is 13.2. The number of rotatable bonds is 7. The highest BCUT2D eigenvalue weighted by Gasteiger charge is 2.65. The van der Waals surface area contributed by atoms with Gasteiger partial charge in [0, 0.05) is 6.42 Å². The number of carbonyl (C=O) groups excluding carboxylic acids is 1. The molecule has 11 atom stereocenters. The highest BCUT2D eigenvalue weighted by Crippen LogP contribution is 2.68. The van der Waals surface area contributed by atoms with Crippen LogP contribution in [0.5, 0.6) is 0 Å². The summed E-state index contributed by atoms with van der Waals surface area (Å²) in [5, 5.41) is 35.5. The highest BCUT2D eigenvalue weighted by atomic mass is 32.3. The van der Waals surface area contributed by atoms with E-state index in [1.165, 1.54) is 0 Å². The molecule has 0 radical (unpaired) electrons. The number of aliphatic hydroxyl groups is 3. The lowest BCUT2D eigenvalue weighted by molar-refractivity contribution is -0.207. The van der Waals surface area contributed by atoms with Crippen LogP contribution in [0.15, 0.2) is 0 Å². The van der Waals surface area contributed by atoms with Crippen molar-refractivity contribution in [1.29, 1.82) is 0 Å². The van der Waals surface area contributed by atoms with E-state index in [4.69, 9.17) is 4.55 Å². The first kappa shape index (κ1) is 27.3. The van der Waals surface area contributed by atoms with E-state index in [1.807, 2.05) is 0 Å². The molecule has 0 bridgehead atoms. The molecular weight excluding hydrogens is 474 g/mol. The minimum Gasteiger partial charge on any atom is -0.393 e. The van der Waals surface area contributed by atoms with Crippen molar-refractivity contribution in [2.75, 3.05) is 6.73 Å². The molecule has 0 saturated heterocycles. The molecule has 9 nitrogen and oxygen atoms in total. The molecule has 1 amide bonds. The maximum Gasteiger partial charge on any atom is 0.399 e. The monoisotopic (exact) mass is 517 g/mol. The molecule has 0 aromatic heterocycles. The van der Waals surface area contributed by atoms with Gasteiger partial charge < -0.3 is 20.6 Å². The van der Waals surface area contributed by atoms with Gasteiger partial charge in [0.2, 0.25) is 5.91 Å². The number of carbonyl (C=O) groups is 1. The number of nitrogens with one attached hydrogen (secondary N) is 1. The Hall–Kier alpha value is -0.780. The zero-order valence-electron chi connectivity index (χ0n) is 21.1. The van der Waals surface area contributed by atoms with Crippen LogP contribution >= 0.6 is 0 Å². The van der Waals surface area contributed by atoms with Crippen LogP contribution in [0.2, 0.25) is 0 Å². The predicted octanol–water partition coefficient (Wildman–Crippen LogP) is 2.26. The van der Waals surface area contributed by atoms with Crippen molar-refractivity contribution >= 4 is 16.3 Å². The standard InChI is InChI=1S/C25H43NO8S/c1-14(4-7-22(30)26-13-34-35(31,32)33)17-5-6-18-23-19(12-21(29)25(17,18)3)24(2)9-8-16(27)10-15(24)11-20(23)28/h14-21,23,27-29H,4-13H2,1-3H3,(H,26,30)(H,31,32,33). The third kappa shape index (κ3) is 5.03. The van der Waals surface area contributed by atoms with E-state index in [9.17, 15) is 28.5 Å². The molecule has 4 fully saturated rings. The van der Waals surface area contributed by atoms with Crippen LogP contribution in [-0.2, 0) is 19.4 Å². The summed E-state index contributed by atoms with van der Waals surface area (Å²) >= 11 is 0. The summed E-state index contributed by atoms with van der Waals surface area (Å²) in [7, 11) is -4.60. The van der Waals surface area contributed by atoms with Crippen molar-refractivity contribution in [2.24, 2.45) is 46.3 Å². The van der Waals surface area contributed by atoms with Gasteiger partial charge in [0.25, 0.3) is 0 Å². The highest BCUT2D eigenvalue weighted by molar-refractivity contribution is 7.80. The first-order valence-corrected chi connectivity index (χ1v) is 14.6. The van der Waals surface area contributed by atoms with E-state index in [2.05, 4.69) is 30.3 Å². The fourth-order valence-electron chi connectivity index (χ4n) is 8.96. The molecule has 35 heavy (non-hydrogen) atoms. The van der Waals surface area contributed by atoms with Gasteiger partial charge in [0.05, 0.1) is 18.3 Å². The van der Waals surface area contributed by atoms with Crippen LogP contribution in [0.3, 0.4) is 0 Å². The average Bonchev–Trinajstić information content (AvgIpc) is 3.12. The molecule has 202 valence electrons. The quantitative estimate of drug-likeness (QED) is 0.255. The van der Waals surface area contributed by atoms with Gasteiger partial charge in [-0.2, -0.15) is 8.42 Å². The summed E-state index contributed by atoms with van der Waals surface area (Å²) < 4.78 is 34.0. The maximum atomic E-state index is 12.1. The number of hydrogen-bond acceptors (Lipinski definition) is 7. The minimum absolute atomic E-state index is 0.0390. The van der Waals surface area contributed by atoms with E-state index < -0.39 is 29.3 Å². The molecule has 4 saturated carbocycles. The van der Waals surface area contributed by atoms with Gasteiger partial charge in [-0.05, 0) is 97.7 Å². The van der Waals surface area contributed by atoms with E-state index in [-0.39, 0.29) is 58.9 Å². The number of aliphatic hydroxyl groups excluding tert-OH is 3. The largest absolute Gasteiger partial charge is 0.399 e. The zero-order valence-corrected chi connectivity index (χ0v) is 21.9. The zero-order chi connectivity index (χ0) is 25.8. The molecule has 4 aliphatic rings. The van der Waals surface area contributed by atoms with Gasteiger partial charge in [0.15, 0.2) is 0 Å². The molecular formula is C25H43NO8S. The summed E-state index contributed by atoms with van der Waals surface area (Å²) in [5.74, 6) is 0.941. The minimum atomic E-state index is -4.60. The Morgan fingerprint density at radius 2 is 1.80 bits per heavy atom. The topological polar surface area (TPSA) is 153 Å². The van der Waals surface area contributed by atoms with Crippen LogP contribution in [0.4, 0.5) is 0 Å². The van der Waals surface area contributed by atoms with Gasteiger partial charge in [-0.25, -0.2) is 4.18 Å². The molecule has 4 aliphatic carbocycles. The third-order valence-corrected chi connectivity index (χ3v) is 11.2. The Kier molecular flexibility index (Phi) is 7.66. The summed E-state index contributed by atoms with van der Waals surface area (Å²) in [5.41, 5.74) is -0.291. The van der Waals surface area contributed by atoms with Gasteiger partial charge in [-0.15, -0.1) is 0 Å². The maximum absolute atomic E-state index is 12.1. The van der Waals surface area contributed by atoms with E-state index in [1.54, 1.807) is 0 Å². The molecule has 0 heterocycles. The molecule has 0 aromatic carbocycles. The molecule has 0 spiro atoms. The predicted molar refractivity (Wildman–Crippen MR) is 128 cm³/mol. The lowest BCUT2D eigenvalue weighted by Gasteiger charge is -2.63. The van der Waals surface area contributed by atoms with E-state index in [0.29, 0.717) is 18.8 Å². The van der Waals surface area contributed by atoms with Crippen molar-refractivity contribution in [2.45, 2.75) is 96.9 Å². The van der Waals surface area contributed by atoms with E-state index >= 15 is 0 Å². The van der Waals surface area contributed by atoms with Crippen molar-refractivity contribution < 1.29 is 37.3 Å². The Labute approximate surface area is 209 Å². The van der Waals surface area contributed by atoms with Gasteiger partial charge in [0.1, 0.15) is 6.73 Å². The molecule has 4 rings (SSSR count). The second-order valence-electron chi connectivity index (χ2n) is 12.3.